The lowest BCUT2D eigenvalue weighted by molar-refractivity contribution is -0.148. The summed E-state index contributed by atoms with van der Waals surface area (Å²) in [5, 5.41) is 0. The second kappa shape index (κ2) is 6.04. The normalized spacial score (nSPS) is 24.7. The second-order valence-electron chi connectivity index (χ2n) is 4.38. The first kappa shape index (κ1) is 13.2. The van der Waals surface area contributed by atoms with Crippen molar-refractivity contribution in [3.63, 3.8) is 0 Å². The van der Waals surface area contributed by atoms with Gasteiger partial charge in [0.1, 0.15) is 6.10 Å². The molecule has 1 heterocycles. The minimum Gasteiger partial charge on any atom is -0.461 e. The molecule has 92 valence electrons. The maximum absolute atomic E-state index is 11.5. The molecule has 0 radical (unpaired) electrons. The highest BCUT2D eigenvalue weighted by Gasteiger charge is 2.48. The molecule has 2 atom stereocenters. The molecular weight excluding hydrogens is 204 g/mol. The Morgan fingerprint density at radius 1 is 1.38 bits per heavy atom. The van der Waals surface area contributed by atoms with Gasteiger partial charge in [0.05, 0.1) is 6.10 Å². The number of epoxide rings is 1. The average Bonchev–Trinajstić information content (AvgIpc) is 2.98. The standard InChI is InChI=1S/C13H22O3/c1-5-7-8-10(6-2)11-12(16-11)13(14)15-9(3)4/h8-9,11-12H,5-7H2,1-4H3/b10-8-. The maximum Gasteiger partial charge on any atom is 0.338 e. The van der Waals surface area contributed by atoms with E-state index in [0.717, 1.165) is 19.3 Å². The largest absolute Gasteiger partial charge is 0.461 e. The molecule has 1 aliphatic rings. The van der Waals surface area contributed by atoms with Gasteiger partial charge in [-0.05, 0) is 32.3 Å². The molecule has 0 aromatic rings. The number of carbonyl (C=O) groups excluding carboxylic acids is 1. The summed E-state index contributed by atoms with van der Waals surface area (Å²) in [6.07, 6.45) is 4.85. The Morgan fingerprint density at radius 2 is 2.06 bits per heavy atom. The molecule has 0 aromatic heterocycles. The second-order valence-corrected chi connectivity index (χ2v) is 4.38. The van der Waals surface area contributed by atoms with Crippen molar-refractivity contribution in [2.75, 3.05) is 0 Å². The Bertz CT molecular complexity index is 268. The van der Waals surface area contributed by atoms with Crippen molar-refractivity contribution in [2.45, 2.75) is 65.3 Å². The molecule has 2 unspecified atom stereocenters. The molecule has 0 spiro atoms. The highest BCUT2D eigenvalue weighted by Crippen LogP contribution is 2.32. The van der Waals surface area contributed by atoms with Crippen molar-refractivity contribution in [2.24, 2.45) is 0 Å². The van der Waals surface area contributed by atoms with Crippen LogP contribution in [-0.4, -0.2) is 24.3 Å². The van der Waals surface area contributed by atoms with E-state index in [9.17, 15) is 4.79 Å². The van der Waals surface area contributed by atoms with E-state index in [1.54, 1.807) is 0 Å². The molecule has 0 aromatic carbocycles. The van der Waals surface area contributed by atoms with E-state index in [1.165, 1.54) is 5.57 Å². The summed E-state index contributed by atoms with van der Waals surface area (Å²) in [5.41, 5.74) is 1.23. The van der Waals surface area contributed by atoms with E-state index in [4.69, 9.17) is 9.47 Å². The van der Waals surface area contributed by atoms with Gasteiger partial charge in [-0.15, -0.1) is 0 Å². The lowest BCUT2D eigenvalue weighted by Crippen LogP contribution is -2.18. The zero-order valence-corrected chi connectivity index (χ0v) is 10.7. The zero-order valence-electron chi connectivity index (χ0n) is 10.7. The van der Waals surface area contributed by atoms with Gasteiger partial charge in [-0.25, -0.2) is 4.79 Å². The van der Waals surface area contributed by atoms with E-state index < -0.39 is 0 Å². The Labute approximate surface area is 97.8 Å². The zero-order chi connectivity index (χ0) is 12.1. The van der Waals surface area contributed by atoms with Crippen LogP contribution >= 0.6 is 0 Å². The van der Waals surface area contributed by atoms with Crippen LogP contribution in [-0.2, 0) is 14.3 Å². The summed E-state index contributed by atoms with van der Waals surface area (Å²) in [5.74, 6) is -0.226. The van der Waals surface area contributed by atoms with Gasteiger partial charge in [-0.3, -0.25) is 0 Å². The number of hydrogen-bond acceptors (Lipinski definition) is 3. The predicted molar refractivity (Wildman–Crippen MR) is 63.2 cm³/mol. The minimum atomic E-state index is -0.356. The van der Waals surface area contributed by atoms with Crippen LogP contribution in [0.5, 0.6) is 0 Å². The monoisotopic (exact) mass is 226 g/mol. The average molecular weight is 226 g/mol. The summed E-state index contributed by atoms with van der Waals surface area (Å²) in [6, 6.07) is 0. The van der Waals surface area contributed by atoms with Gasteiger partial charge in [-0.2, -0.15) is 0 Å². The number of hydrogen-bond donors (Lipinski definition) is 0. The smallest absolute Gasteiger partial charge is 0.338 e. The molecule has 1 saturated heterocycles. The lowest BCUT2D eigenvalue weighted by atomic mass is 10.1. The van der Waals surface area contributed by atoms with Crippen LogP contribution in [0.2, 0.25) is 0 Å². The molecule has 0 aliphatic carbocycles. The predicted octanol–water partition coefficient (Wildman–Crippen LogP) is 2.84. The fourth-order valence-electron chi connectivity index (χ4n) is 1.66. The molecule has 1 rings (SSSR count). The van der Waals surface area contributed by atoms with Crippen LogP contribution in [0.3, 0.4) is 0 Å². The fraction of sp³-hybridized carbons (Fsp3) is 0.769. The summed E-state index contributed by atoms with van der Waals surface area (Å²) in [7, 11) is 0. The molecular formula is C13H22O3. The first-order valence-corrected chi connectivity index (χ1v) is 6.15. The summed E-state index contributed by atoms with van der Waals surface area (Å²) >= 11 is 0. The number of unbranched alkanes of at least 4 members (excludes halogenated alkanes) is 1. The van der Waals surface area contributed by atoms with E-state index in [1.807, 2.05) is 13.8 Å². The van der Waals surface area contributed by atoms with Gasteiger partial charge >= 0.3 is 5.97 Å². The van der Waals surface area contributed by atoms with Gasteiger partial charge in [0.25, 0.3) is 0 Å². The fourth-order valence-corrected chi connectivity index (χ4v) is 1.66. The molecule has 16 heavy (non-hydrogen) atoms. The summed E-state index contributed by atoms with van der Waals surface area (Å²) < 4.78 is 10.5. The number of carbonyl (C=O) groups is 1. The highest BCUT2D eigenvalue weighted by molar-refractivity contribution is 5.79. The van der Waals surface area contributed by atoms with E-state index in [-0.39, 0.29) is 24.3 Å². The Kier molecular flexibility index (Phi) is 5.00. The minimum absolute atomic E-state index is 0.0252. The molecule has 1 aliphatic heterocycles. The van der Waals surface area contributed by atoms with Crippen LogP contribution < -0.4 is 0 Å². The SMILES string of the molecule is CCC/C=C(/CC)C1OC1C(=O)OC(C)C. The van der Waals surface area contributed by atoms with Crippen LogP contribution in [0.4, 0.5) is 0 Å². The summed E-state index contributed by atoms with van der Waals surface area (Å²) in [6.45, 7) is 7.93. The van der Waals surface area contributed by atoms with E-state index >= 15 is 0 Å². The molecule has 0 bridgehead atoms. The van der Waals surface area contributed by atoms with Crippen molar-refractivity contribution >= 4 is 5.97 Å². The molecule has 0 N–H and O–H groups in total. The van der Waals surface area contributed by atoms with Gasteiger partial charge < -0.3 is 9.47 Å². The van der Waals surface area contributed by atoms with E-state index in [2.05, 4.69) is 19.9 Å². The van der Waals surface area contributed by atoms with Crippen molar-refractivity contribution in [1.29, 1.82) is 0 Å². The number of ether oxygens (including phenoxy) is 2. The van der Waals surface area contributed by atoms with Gasteiger partial charge in [0.15, 0.2) is 6.10 Å². The molecule has 3 heteroatoms. The third-order valence-corrected chi connectivity index (χ3v) is 2.54. The van der Waals surface area contributed by atoms with Crippen molar-refractivity contribution in [3.8, 4) is 0 Å². The van der Waals surface area contributed by atoms with Crippen LogP contribution in [0, 0.1) is 0 Å². The summed E-state index contributed by atoms with van der Waals surface area (Å²) in [4.78, 5) is 11.5. The third kappa shape index (κ3) is 3.63. The third-order valence-electron chi connectivity index (χ3n) is 2.54. The molecule has 0 amide bonds. The van der Waals surface area contributed by atoms with Crippen molar-refractivity contribution in [3.05, 3.63) is 11.6 Å². The van der Waals surface area contributed by atoms with Crippen LogP contribution in [0.1, 0.15) is 47.0 Å². The quantitative estimate of drug-likeness (QED) is 0.397. The van der Waals surface area contributed by atoms with Gasteiger partial charge in [-0.1, -0.05) is 26.3 Å². The Hall–Kier alpha value is -0.830. The van der Waals surface area contributed by atoms with Crippen LogP contribution in [0.25, 0.3) is 0 Å². The first-order chi connectivity index (χ1) is 7.60. The Morgan fingerprint density at radius 3 is 2.56 bits per heavy atom. The molecule has 1 fully saturated rings. The topological polar surface area (TPSA) is 38.8 Å². The van der Waals surface area contributed by atoms with Gasteiger partial charge in [0.2, 0.25) is 0 Å². The van der Waals surface area contributed by atoms with Crippen molar-refractivity contribution in [1.82, 2.24) is 0 Å². The highest BCUT2D eigenvalue weighted by atomic mass is 16.6. The van der Waals surface area contributed by atoms with Crippen LogP contribution in [0.15, 0.2) is 11.6 Å². The molecule has 3 nitrogen and oxygen atoms in total. The van der Waals surface area contributed by atoms with Gasteiger partial charge in [0, 0.05) is 0 Å². The number of allylic oxidation sites excluding steroid dienone is 1. The maximum atomic E-state index is 11.5. The van der Waals surface area contributed by atoms with E-state index in [0.29, 0.717) is 0 Å². The number of rotatable bonds is 6. The Balaban J connectivity index is 2.44. The number of esters is 1. The first-order valence-electron chi connectivity index (χ1n) is 6.15. The lowest BCUT2D eigenvalue weighted by Gasteiger charge is -2.05. The molecule has 0 saturated carbocycles. The van der Waals surface area contributed by atoms with Crippen molar-refractivity contribution < 1.29 is 14.3 Å².